The minimum Gasteiger partial charge on any atom is -0.464 e. The first-order valence-corrected chi connectivity index (χ1v) is 10.2. The number of carbonyl (C=O) groups excluding carboxylic acids is 1. The molecule has 3 aromatic carbocycles. The van der Waals surface area contributed by atoms with Crippen molar-refractivity contribution in [2.75, 3.05) is 0 Å². The van der Waals surface area contributed by atoms with Gasteiger partial charge in [0.15, 0.2) is 5.43 Å². The number of fused-ring (bicyclic) bond motifs is 1. The van der Waals surface area contributed by atoms with Crippen molar-refractivity contribution in [1.29, 1.82) is 0 Å². The average Bonchev–Trinajstić information content (AvgIpc) is 2.81. The lowest BCUT2D eigenvalue weighted by atomic mass is 10.1. The zero-order valence-corrected chi connectivity index (χ0v) is 17.8. The van der Waals surface area contributed by atoms with Gasteiger partial charge >= 0.3 is 0 Å². The molecule has 0 saturated heterocycles. The van der Waals surface area contributed by atoms with E-state index >= 15 is 0 Å². The lowest BCUT2D eigenvalue weighted by Gasteiger charge is -2.23. The Hall–Kier alpha value is -4.04. The molecular formula is C24H16ClFN2O5. The van der Waals surface area contributed by atoms with E-state index in [0.29, 0.717) is 16.5 Å². The van der Waals surface area contributed by atoms with Crippen LogP contribution in [0.4, 0.5) is 10.1 Å². The minimum absolute atomic E-state index is 0.0366. The van der Waals surface area contributed by atoms with Crippen molar-refractivity contribution in [2.45, 2.75) is 13.1 Å². The molecule has 4 rings (SSSR count). The highest BCUT2D eigenvalue weighted by Gasteiger charge is 2.23. The molecular weight excluding hydrogens is 451 g/mol. The average molecular weight is 467 g/mol. The van der Waals surface area contributed by atoms with Crippen LogP contribution in [0.2, 0.25) is 5.02 Å². The topological polar surface area (TPSA) is 93.7 Å². The number of amides is 1. The predicted octanol–water partition coefficient (Wildman–Crippen LogP) is 5.34. The molecule has 9 heteroatoms. The summed E-state index contributed by atoms with van der Waals surface area (Å²) in [4.78, 5) is 38.1. The number of halogens is 2. The maximum atomic E-state index is 13.4. The first-order chi connectivity index (χ1) is 15.8. The van der Waals surface area contributed by atoms with Crippen molar-refractivity contribution in [3.8, 4) is 0 Å². The lowest BCUT2D eigenvalue weighted by Crippen LogP contribution is -2.32. The second-order valence-electron chi connectivity index (χ2n) is 7.30. The molecule has 0 bridgehead atoms. The molecule has 0 fully saturated rings. The molecule has 1 aromatic heterocycles. The molecule has 0 saturated carbocycles. The van der Waals surface area contributed by atoms with E-state index in [-0.39, 0.29) is 40.4 Å². The van der Waals surface area contributed by atoms with Gasteiger partial charge in [-0.2, -0.15) is 0 Å². The van der Waals surface area contributed by atoms with Crippen LogP contribution in [0, 0.1) is 15.9 Å². The maximum absolute atomic E-state index is 13.4. The Labute approximate surface area is 191 Å². The molecule has 166 valence electrons. The smallest absolute Gasteiger partial charge is 0.270 e. The molecule has 0 atom stereocenters. The van der Waals surface area contributed by atoms with Gasteiger partial charge in [0, 0.05) is 18.7 Å². The molecule has 0 aliphatic carbocycles. The van der Waals surface area contributed by atoms with Crippen LogP contribution < -0.4 is 5.43 Å². The summed E-state index contributed by atoms with van der Waals surface area (Å²) in [7, 11) is 0. The highest BCUT2D eigenvalue weighted by molar-refractivity contribution is 6.34. The molecule has 4 aromatic rings. The van der Waals surface area contributed by atoms with Gasteiger partial charge in [-0.25, -0.2) is 4.39 Å². The summed E-state index contributed by atoms with van der Waals surface area (Å²) in [6, 6.07) is 15.9. The number of benzene rings is 3. The summed E-state index contributed by atoms with van der Waals surface area (Å²) >= 11 is 6.17. The third-order valence-corrected chi connectivity index (χ3v) is 5.39. The first kappa shape index (κ1) is 22.2. The summed E-state index contributed by atoms with van der Waals surface area (Å²) in [5, 5.41) is 11.3. The van der Waals surface area contributed by atoms with Gasteiger partial charge in [0.1, 0.15) is 11.4 Å². The molecule has 0 aliphatic heterocycles. The normalized spacial score (nSPS) is 10.8. The van der Waals surface area contributed by atoms with E-state index in [4.69, 9.17) is 16.0 Å². The highest BCUT2D eigenvalue weighted by atomic mass is 35.5. The van der Waals surface area contributed by atoms with Gasteiger partial charge in [-0.1, -0.05) is 35.9 Å². The van der Waals surface area contributed by atoms with Crippen molar-refractivity contribution in [3.05, 3.63) is 121 Å². The number of nitro groups is 1. The van der Waals surface area contributed by atoms with Gasteiger partial charge < -0.3 is 9.32 Å². The quantitative estimate of drug-likeness (QED) is 0.282. The molecule has 0 N–H and O–H groups in total. The third kappa shape index (κ3) is 4.75. The van der Waals surface area contributed by atoms with Gasteiger partial charge in [0.25, 0.3) is 11.6 Å². The van der Waals surface area contributed by atoms with Crippen molar-refractivity contribution in [2.24, 2.45) is 0 Å². The van der Waals surface area contributed by atoms with Crippen LogP contribution in [0.1, 0.15) is 21.5 Å². The van der Waals surface area contributed by atoms with Crippen LogP contribution in [-0.4, -0.2) is 15.7 Å². The molecule has 0 unspecified atom stereocenters. The van der Waals surface area contributed by atoms with Gasteiger partial charge in [-0.05, 0) is 35.9 Å². The standard InChI is InChI=1S/C24H16ClFN2O5/c25-21-11-18(28(31)32)9-10-19(21)24(30)27(12-15-5-7-17(26)8-6-15)13-16-14-33-22-4-2-1-3-20(22)23(16)29/h1-11,14H,12-13H2. The van der Waals surface area contributed by atoms with E-state index in [1.165, 1.54) is 47.6 Å². The Morgan fingerprint density at radius 1 is 1.06 bits per heavy atom. The molecule has 0 radical (unpaired) electrons. The number of hydrogen-bond acceptors (Lipinski definition) is 5. The van der Waals surface area contributed by atoms with Crippen LogP contribution in [0.25, 0.3) is 11.0 Å². The maximum Gasteiger partial charge on any atom is 0.270 e. The van der Waals surface area contributed by atoms with E-state index in [9.17, 15) is 24.1 Å². The fraction of sp³-hybridized carbons (Fsp3) is 0.0833. The molecule has 1 heterocycles. The summed E-state index contributed by atoms with van der Waals surface area (Å²) in [6.07, 6.45) is 1.30. The second kappa shape index (κ2) is 9.22. The fourth-order valence-corrected chi connectivity index (χ4v) is 3.66. The van der Waals surface area contributed by atoms with E-state index in [1.54, 1.807) is 24.3 Å². The van der Waals surface area contributed by atoms with Crippen LogP contribution in [-0.2, 0) is 13.1 Å². The van der Waals surface area contributed by atoms with Crippen molar-refractivity contribution in [1.82, 2.24) is 4.90 Å². The number of para-hydroxylation sites is 1. The SMILES string of the molecule is O=C(c1ccc([N+](=O)[O-])cc1Cl)N(Cc1ccc(F)cc1)Cc1coc2ccccc2c1=O. The molecule has 33 heavy (non-hydrogen) atoms. The zero-order valence-electron chi connectivity index (χ0n) is 17.0. The fourth-order valence-electron chi connectivity index (χ4n) is 3.40. The largest absolute Gasteiger partial charge is 0.464 e. The first-order valence-electron chi connectivity index (χ1n) is 9.80. The Morgan fingerprint density at radius 2 is 1.79 bits per heavy atom. The van der Waals surface area contributed by atoms with Gasteiger partial charge in [0.05, 0.1) is 39.3 Å². The van der Waals surface area contributed by atoms with Gasteiger partial charge in [0.2, 0.25) is 0 Å². The monoisotopic (exact) mass is 466 g/mol. The summed E-state index contributed by atoms with van der Waals surface area (Å²) in [5.41, 5.74) is 0.770. The molecule has 0 aliphatic rings. The minimum atomic E-state index is -0.614. The van der Waals surface area contributed by atoms with Crippen LogP contribution in [0.15, 0.2) is 82.2 Å². The number of nitro benzene ring substituents is 1. The Bertz CT molecular complexity index is 1420. The number of carbonyl (C=O) groups is 1. The summed E-state index contributed by atoms with van der Waals surface area (Å²) in [5.74, 6) is -0.975. The van der Waals surface area contributed by atoms with E-state index < -0.39 is 16.6 Å². The van der Waals surface area contributed by atoms with Crippen molar-refractivity contribution < 1.29 is 18.5 Å². The molecule has 1 amide bonds. The van der Waals surface area contributed by atoms with E-state index in [0.717, 1.165) is 6.07 Å². The molecule has 0 spiro atoms. The van der Waals surface area contributed by atoms with Crippen LogP contribution >= 0.6 is 11.6 Å². The predicted molar refractivity (Wildman–Crippen MR) is 121 cm³/mol. The Morgan fingerprint density at radius 3 is 2.48 bits per heavy atom. The van der Waals surface area contributed by atoms with Crippen LogP contribution in [0.3, 0.4) is 0 Å². The van der Waals surface area contributed by atoms with Crippen molar-refractivity contribution in [3.63, 3.8) is 0 Å². The Kier molecular flexibility index (Phi) is 6.19. The number of nitrogens with zero attached hydrogens (tertiary/aromatic N) is 2. The second-order valence-corrected chi connectivity index (χ2v) is 7.70. The summed E-state index contributed by atoms with van der Waals surface area (Å²) in [6.45, 7) is -0.0740. The van der Waals surface area contributed by atoms with Crippen LogP contribution in [0.5, 0.6) is 0 Å². The Balaban J connectivity index is 1.73. The van der Waals surface area contributed by atoms with E-state index in [2.05, 4.69) is 0 Å². The van der Waals surface area contributed by atoms with Gasteiger partial charge in [-0.3, -0.25) is 19.7 Å². The number of rotatable bonds is 6. The third-order valence-electron chi connectivity index (χ3n) is 5.08. The van der Waals surface area contributed by atoms with Gasteiger partial charge in [-0.15, -0.1) is 0 Å². The number of hydrogen-bond donors (Lipinski definition) is 0. The lowest BCUT2D eigenvalue weighted by molar-refractivity contribution is -0.384. The van der Waals surface area contributed by atoms with E-state index in [1.807, 2.05) is 0 Å². The zero-order chi connectivity index (χ0) is 23.5. The molecule has 7 nitrogen and oxygen atoms in total. The number of non-ortho nitro benzene ring substituents is 1. The highest BCUT2D eigenvalue weighted by Crippen LogP contribution is 2.25. The summed E-state index contributed by atoms with van der Waals surface area (Å²) < 4.78 is 18.9. The van der Waals surface area contributed by atoms with Crippen molar-refractivity contribution >= 4 is 34.2 Å².